The Hall–Kier alpha value is -5.11. The van der Waals surface area contributed by atoms with Crippen LogP contribution >= 0.6 is 0 Å². The summed E-state index contributed by atoms with van der Waals surface area (Å²) in [5.74, 6) is -0.616. The fourth-order valence-electron chi connectivity index (χ4n) is 4.43. The van der Waals surface area contributed by atoms with Crippen LogP contribution < -0.4 is 20.1 Å². The molecule has 0 saturated carbocycles. The summed E-state index contributed by atoms with van der Waals surface area (Å²) in [4.78, 5) is 36.7. The first-order chi connectivity index (χ1) is 21.0. The van der Waals surface area contributed by atoms with Crippen LogP contribution in [0, 0.1) is 0 Å². The van der Waals surface area contributed by atoms with Gasteiger partial charge in [0.15, 0.2) is 5.75 Å². The van der Waals surface area contributed by atoms with E-state index in [1.807, 2.05) is 30.3 Å². The van der Waals surface area contributed by atoms with E-state index in [0.29, 0.717) is 43.0 Å². The van der Waals surface area contributed by atoms with E-state index < -0.39 is 18.0 Å². The summed E-state index contributed by atoms with van der Waals surface area (Å²) < 4.78 is 11.3. The number of carboxylic acid groups (broad SMARTS) is 1. The lowest BCUT2D eigenvalue weighted by Crippen LogP contribution is -2.31. The number of aliphatic carboxylic acids is 1. The number of benzene rings is 4. The molecule has 3 N–H and O–H groups in total. The Morgan fingerprint density at radius 1 is 0.744 bits per heavy atom. The lowest BCUT2D eigenvalue weighted by atomic mass is 10.1. The largest absolute Gasteiger partial charge is 0.494 e. The lowest BCUT2D eigenvalue weighted by Gasteiger charge is -2.18. The molecule has 1 amide bonds. The third kappa shape index (κ3) is 10.3. The zero-order valence-electron chi connectivity index (χ0n) is 23.9. The number of anilines is 1. The quantitative estimate of drug-likeness (QED) is 0.0856. The van der Waals surface area contributed by atoms with Gasteiger partial charge < -0.3 is 25.2 Å². The van der Waals surface area contributed by atoms with Crippen molar-refractivity contribution in [2.75, 3.05) is 18.5 Å². The van der Waals surface area contributed by atoms with Crippen LogP contribution in [0.3, 0.4) is 0 Å². The maximum absolute atomic E-state index is 12.5. The van der Waals surface area contributed by atoms with E-state index in [0.717, 1.165) is 18.4 Å². The highest BCUT2D eigenvalue weighted by molar-refractivity contribution is 5.92. The summed E-state index contributed by atoms with van der Waals surface area (Å²) in [5.41, 5.74) is 2.83. The van der Waals surface area contributed by atoms with Gasteiger partial charge in [-0.3, -0.25) is 4.79 Å². The second kappa shape index (κ2) is 16.4. The standard InChI is InChI=1S/C35H36N2O6/c38-33(18-9-13-26-11-3-1-4-12-26)36-23-10-24-42-29-21-19-27(20-22-29)25-31(34(39)40)37-30-16-7-8-17-32(30)43-35(41)28-14-5-2-6-15-28/h1-8,11-12,14-17,19-22,31,37H,9-10,13,18,23-25H2,(H,36,38)(H,39,40). The molecule has 0 saturated heterocycles. The first kappa shape index (κ1) is 30.8. The number of para-hydroxylation sites is 2. The molecule has 0 aromatic heterocycles. The number of aryl methyl sites for hydroxylation is 1. The summed E-state index contributed by atoms with van der Waals surface area (Å²) in [6, 6.07) is 31.7. The molecule has 0 heterocycles. The molecular weight excluding hydrogens is 544 g/mol. The monoisotopic (exact) mass is 580 g/mol. The van der Waals surface area contributed by atoms with Crippen LogP contribution in [0.15, 0.2) is 109 Å². The molecule has 8 nitrogen and oxygen atoms in total. The van der Waals surface area contributed by atoms with E-state index in [2.05, 4.69) is 22.8 Å². The van der Waals surface area contributed by atoms with Crippen LogP contribution in [-0.2, 0) is 22.4 Å². The third-order valence-corrected chi connectivity index (χ3v) is 6.71. The van der Waals surface area contributed by atoms with Gasteiger partial charge in [0.2, 0.25) is 5.91 Å². The molecule has 4 aromatic carbocycles. The SMILES string of the molecule is O=C(CCCc1ccccc1)NCCCOc1ccc(CC(Nc2ccccc2OC(=O)c2ccccc2)C(=O)O)cc1. The van der Waals surface area contributed by atoms with E-state index in [9.17, 15) is 19.5 Å². The molecule has 4 aromatic rings. The molecule has 0 aliphatic rings. The van der Waals surface area contributed by atoms with E-state index in [-0.39, 0.29) is 18.1 Å². The van der Waals surface area contributed by atoms with Gasteiger partial charge in [-0.25, -0.2) is 9.59 Å². The number of carbonyl (C=O) groups is 3. The molecule has 1 unspecified atom stereocenters. The highest BCUT2D eigenvalue weighted by atomic mass is 16.5. The van der Waals surface area contributed by atoms with Crippen LogP contribution in [0.25, 0.3) is 0 Å². The minimum absolute atomic E-state index is 0.0406. The van der Waals surface area contributed by atoms with Gasteiger partial charge in [0.1, 0.15) is 11.8 Å². The normalized spacial score (nSPS) is 11.3. The van der Waals surface area contributed by atoms with Gasteiger partial charge in [0.25, 0.3) is 0 Å². The molecule has 0 spiro atoms. The zero-order chi connectivity index (χ0) is 30.3. The molecule has 0 bridgehead atoms. The number of amides is 1. The van der Waals surface area contributed by atoms with Crippen molar-refractivity contribution in [2.45, 2.75) is 38.1 Å². The van der Waals surface area contributed by atoms with Crippen molar-refractivity contribution in [3.63, 3.8) is 0 Å². The summed E-state index contributed by atoms with van der Waals surface area (Å²) in [5, 5.41) is 15.8. The Labute approximate surface area is 251 Å². The van der Waals surface area contributed by atoms with Gasteiger partial charge >= 0.3 is 11.9 Å². The van der Waals surface area contributed by atoms with E-state index in [1.54, 1.807) is 66.7 Å². The van der Waals surface area contributed by atoms with E-state index >= 15 is 0 Å². The van der Waals surface area contributed by atoms with Crippen LogP contribution in [0.1, 0.15) is 40.7 Å². The minimum Gasteiger partial charge on any atom is -0.494 e. The number of carbonyl (C=O) groups excluding carboxylic acids is 2. The van der Waals surface area contributed by atoms with Gasteiger partial charge in [-0.1, -0.05) is 72.8 Å². The maximum Gasteiger partial charge on any atom is 0.343 e. The Morgan fingerprint density at radius 2 is 1.42 bits per heavy atom. The highest BCUT2D eigenvalue weighted by Gasteiger charge is 2.20. The fourth-order valence-corrected chi connectivity index (χ4v) is 4.43. The Kier molecular flexibility index (Phi) is 11.7. The molecular formula is C35H36N2O6. The van der Waals surface area contributed by atoms with Crippen molar-refractivity contribution >= 4 is 23.5 Å². The summed E-state index contributed by atoms with van der Waals surface area (Å²) in [6.45, 7) is 0.984. The van der Waals surface area contributed by atoms with E-state index in [4.69, 9.17) is 9.47 Å². The molecule has 1 atom stereocenters. The zero-order valence-corrected chi connectivity index (χ0v) is 23.9. The van der Waals surface area contributed by atoms with Crippen LogP contribution in [0.4, 0.5) is 5.69 Å². The van der Waals surface area contributed by atoms with Crippen molar-refractivity contribution in [1.82, 2.24) is 5.32 Å². The van der Waals surface area contributed by atoms with Crippen molar-refractivity contribution in [3.05, 3.63) is 126 Å². The molecule has 222 valence electrons. The fraction of sp³-hybridized carbons (Fsp3) is 0.229. The first-order valence-electron chi connectivity index (χ1n) is 14.4. The maximum atomic E-state index is 12.5. The first-order valence-corrected chi connectivity index (χ1v) is 14.4. The van der Waals surface area contributed by atoms with Crippen LogP contribution in [0.5, 0.6) is 11.5 Å². The summed E-state index contributed by atoms with van der Waals surface area (Å²) in [7, 11) is 0. The van der Waals surface area contributed by atoms with Gasteiger partial charge in [-0.05, 0) is 66.8 Å². The van der Waals surface area contributed by atoms with Crippen molar-refractivity contribution < 1.29 is 29.0 Å². The third-order valence-electron chi connectivity index (χ3n) is 6.71. The predicted octanol–water partition coefficient (Wildman–Crippen LogP) is 5.92. The number of hydrogen-bond donors (Lipinski definition) is 3. The summed E-state index contributed by atoms with van der Waals surface area (Å²) in [6.07, 6.45) is 3.06. The molecule has 8 heteroatoms. The summed E-state index contributed by atoms with van der Waals surface area (Å²) >= 11 is 0. The number of esters is 1. The molecule has 43 heavy (non-hydrogen) atoms. The highest BCUT2D eigenvalue weighted by Crippen LogP contribution is 2.26. The smallest absolute Gasteiger partial charge is 0.343 e. The van der Waals surface area contributed by atoms with Crippen LogP contribution in [0.2, 0.25) is 0 Å². The van der Waals surface area contributed by atoms with Crippen LogP contribution in [-0.4, -0.2) is 42.1 Å². The number of hydrogen-bond acceptors (Lipinski definition) is 6. The lowest BCUT2D eigenvalue weighted by molar-refractivity contribution is -0.137. The topological polar surface area (TPSA) is 114 Å². The Morgan fingerprint density at radius 3 is 2.14 bits per heavy atom. The predicted molar refractivity (Wildman–Crippen MR) is 166 cm³/mol. The van der Waals surface area contributed by atoms with Gasteiger partial charge in [-0.2, -0.15) is 0 Å². The van der Waals surface area contributed by atoms with Crippen molar-refractivity contribution in [3.8, 4) is 11.5 Å². The Bertz CT molecular complexity index is 1460. The molecule has 0 fully saturated rings. The second-order valence-electron chi connectivity index (χ2n) is 10.0. The van der Waals surface area contributed by atoms with Crippen molar-refractivity contribution in [2.24, 2.45) is 0 Å². The molecule has 4 rings (SSSR count). The van der Waals surface area contributed by atoms with Gasteiger partial charge in [0, 0.05) is 19.4 Å². The average molecular weight is 581 g/mol. The van der Waals surface area contributed by atoms with Crippen molar-refractivity contribution in [1.29, 1.82) is 0 Å². The Balaban J connectivity index is 1.20. The number of nitrogens with one attached hydrogen (secondary N) is 2. The van der Waals surface area contributed by atoms with E-state index in [1.165, 1.54) is 5.56 Å². The minimum atomic E-state index is -1.04. The average Bonchev–Trinajstić information content (AvgIpc) is 3.03. The number of rotatable bonds is 16. The van der Waals surface area contributed by atoms with Gasteiger partial charge in [0.05, 0.1) is 17.9 Å². The molecule has 0 aliphatic heterocycles. The number of ether oxygens (including phenoxy) is 2. The molecule has 0 radical (unpaired) electrons. The van der Waals surface area contributed by atoms with Gasteiger partial charge in [-0.15, -0.1) is 0 Å². The molecule has 0 aliphatic carbocycles. The number of carboxylic acids is 1. The second-order valence-corrected chi connectivity index (χ2v) is 10.0.